The third-order valence-electron chi connectivity index (χ3n) is 4.12. The van der Waals surface area contributed by atoms with Crippen molar-refractivity contribution in [3.63, 3.8) is 0 Å². The summed E-state index contributed by atoms with van der Waals surface area (Å²) in [5.41, 5.74) is 6.33. The van der Waals surface area contributed by atoms with E-state index in [1.54, 1.807) is 31.2 Å². The van der Waals surface area contributed by atoms with Gasteiger partial charge in [0.2, 0.25) is 0 Å². The second-order valence-corrected chi connectivity index (χ2v) is 6.08. The zero-order valence-corrected chi connectivity index (χ0v) is 15.3. The molecule has 144 valence electrons. The summed E-state index contributed by atoms with van der Waals surface area (Å²) < 4.78 is 4.86. The molecular formula is C18H23N5O4. The zero-order valence-electron chi connectivity index (χ0n) is 15.3. The topological polar surface area (TPSA) is 124 Å². The Bertz CT molecular complexity index is 746. The maximum absolute atomic E-state index is 12.5. The number of benzene rings is 1. The molecule has 0 aliphatic carbocycles. The molecule has 0 radical (unpaired) electrons. The van der Waals surface area contributed by atoms with Gasteiger partial charge in [-0.25, -0.2) is 9.59 Å². The highest BCUT2D eigenvalue weighted by molar-refractivity contribution is 5.90. The molecule has 2 atom stereocenters. The lowest BCUT2D eigenvalue weighted by molar-refractivity contribution is -0.144. The maximum atomic E-state index is 12.5. The number of carbonyl (C=O) groups excluding carboxylic acids is 3. The fourth-order valence-corrected chi connectivity index (χ4v) is 2.76. The number of hydrazine groups is 1. The van der Waals surface area contributed by atoms with Gasteiger partial charge in [0.1, 0.15) is 12.1 Å². The van der Waals surface area contributed by atoms with Gasteiger partial charge in [-0.05, 0) is 44.9 Å². The van der Waals surface area contributed by atoms with E-state index < -0.39 is 24.1 Å². The van der Waals surface area contributed by atoms with Crippen molar-refractivity contribution in [2.45, 2.75) is 38.8 Å². The molecule has 9 heteroatoms. The predicted molar refractivity (Wildman–Crippen MR) is 97.3 cm³/mol. The molecule has 0 spiro atoms. The van der Waals surface area contributed by atoms with Gasteiger partial charge in [0.25, 0.3) is 5.91 Å². The van der Waals surface area contributed by atoms with Crippen molar-refractivity contribution in [2.24, 2.45) is 0 Å². The molecule has 9 nitrogen and oxygen atoms in total. The molecule has 1 aromatic carbocycles. The number of carbonyl (C=O) groups is 3. The molecule has 0 bridgehead atoms. The van der Waals surface area contributed by atoms with Crippen molar-refractivity contribution in [3.8, 4) is 6.07 Å². The van der Waals surface area contributed by atoms with Crippen molar-refractivity contribution in [3.05, 3.63) is 29.8 Å². The molecule has 1 aliphatic heterocycles. The number of esters is 1. The smallest absolute Gasteiger partial charge is 0.328 e. The number of ether oxygens (including phenoxy) is 1. The van der Waals surface area contributed by atoms with Gasteiger partial charge in [0.15, 0.2) is 0 Å². The molecular weight excluding hydrogens is 350 g/mol. The Labute approximate surface area is 157 Å². The standard InChI is InChI=1S/C18H23N5O4/c1-3-27-17(25)12(2)20-18(26)23-9-5-8-15(23)16(24)22-21-14-7-4-6-13(10-14)11-19/h4,6-7,10,12,15,21H,3,5,8-9H2,1-2H3,(H,20,26)(H,22,24)/t12-,15?/m0/s1. The molecule has 0 saturated carbocycles. The van der Waals surface area contributed by atoms with Crippen LogP contribution in [0.25, 0.3) is 0 Å². The van der Waals surface area contributed by atoms with Crippen LogP contribution in [0.1, 0.15) is 32.3 Å². The van der Waals surface area contributed by atoms with Crippen LogP contribution in [-0.4, -0.2) is 48.0 Å². The Morgan fingerprint density at radius 3 is 2.89 bits per heavy atom. The fourth-order valence-electron chi connectivity index (χ4n) is 2.76. The maximum Gasteiger partial charge on any atom is 0.328 e. The van der Waals surface area contributed by atoms with Gasteiger partial charge in [-0.15, -0.1) is 0 Å². The minimum absolute atomic E-state index is 0.229. The van der Waals surface area contributed by atoms with Gasteiger partial charge in [0, 0.05) is 6.54 Å². The van der Waals surface area contributed by atoms with E-state index in [1.165, 1.54) is 11.8 Å². The van der Waals surface area contributed by atoms with E-state index >= 15 is 0 Å². The van der Waals surface area contributed by atoms with Crippen molar-refractivity contribution in [2.75, 3.05) is 18.6 Å². The number of anilines is 1. The highest BCUT2D eigenvalue weighted by Gasteiger charge is 2.35. The van der Waals surface area contributed by atoms with Crippen LogP contribution < -0.4 is 16.2 Å². The number of rotatable bonds is 6. The number of hydrogen-bond donors (Lipinski definition) is 3. The molecule has 1 saturated heterocycles. The van der Waals surface area contributed by atoms with Gasteiger partial charge in [-0.1, -0.05) is 6.07 Å². The minimum atomic E-state index is -0.798. The highest BCUT2D eigenvalue weighted by Crippen LogP contribution is 2.18. The molecule has 1 aliphatic rings. The Balaban J connectivity index is 1.92. The number of hydrogen-bond acceptors (Lipinski definition) is 6. The lowest BCUT2D eigenvalue weighted by Gasteiger charge is -2.25. The Hall–Kier alpha value is -3.28. The normalized spacial score (nSPS) is 16.8. The van der Waals surface area contributed by atoms with Gasteiger partial charge in [-0.2, -0.15) is 5.26 Å². The SMILES string of the molecule is CCOC(=O)[C@H](C)NC(=O)N1CCCC1C(=O)NNc1cccc(C#N)c1. The van der Waals surface area contributed by atoms with E-state index in [4.69, 9.17) is 10.00 Å². The first kappa shape index (κ1) is 20.0. The van der Waals surface area contributed by atoms with Crippen LogP contribution in [0.3, 0.4) is 0 Å². The molecule has 1 heterocycles. The average Bonchev–Trinajstić information content (AvgIpc) is 3.16. The first-order valence-electron chi connectivity index (χ1n) is 8.76. The number of amides is 3. The monoisotopic (exact) mass is 373 g/mol. The van der Waals surface area contributed by atoms with Crippen LogP contribution in [0, 0.1) is 11.3 Å². The summed E-state index contributed by atoms with van der Waals surface area (Å²) in [4.78, 5) is 37.9. The minimum Gasteiger partial charge on any atom is -0.464 e. The zero-order chi connectivity index (χ0) is 19.8. The number of urea groups is 1. The Morgan fingerprint density at radius 2 is 2.19 bits per heavy atom. The van der Waals surface area contributed by atoms with Crippen molar-refractivity contribution < 1.29 is 19.1 Å². The van der Waals surface area contributed by atoms with Gasteiger partial charge >= 0.3 is 12.0 Å². The van der Waals surface area contributed by atoms with E-state index in [2.05, 4.69) is 16.2 Å². The molecule has 3 N–H and O–H groups in total. The lowest BCUT2D eigenvalue weighted by Crippen LogP contribution is -2.53. The van der Waals surface area contributed by atoms with Crippen LogP contribution in [-0.2, 0) is 14.3 Å². The molecule has 3 amide bonds. The second-order valence-electron chi connectivity index (χ2n) is 6.08. The van der Waals surface area contributed by atoms with Crippen LogP contribution >= 0.6 is 0 Å². The Kier molecular flexibility index (Phi) is 7.00. The van der Waals surface area contributed by atoms with E-state index in [1.807, 2.05) is 6.07 Å². The summed E-state index contributed by atoms with van der Waals surface area (Å²) in [6.07, 6.45) is 1.20. The van der Waals surface area contributed by atoms with E-state index in [0.29, 0.717) is 30.6 Å². The summed E-state index contributed by atoms with van der Waals surface area (Å²) in [5.74, 6) is -0.890. The summed E-state index contributed by atoms with van der Waals surface area (Å²) in [5, 5.41) is 11.5. The lowest BCUT2D eigenvalue weighted by atomic mass is 10.2. The number of nitriles is 1. The van der Waals surface area contributed by atoms with Crippen molar-refractivity contribution in [1.29, 1.82) is 5.26 Å². The summed E-state index contributed by atoms with van der Waals surface area (Å²) in [6, 6.07) is 6.74. The molecule has 1 fully saturated rings. The largest absolute Gasteiger partial charge is 0.464 e. The number of nitrogens with zero attached hydrogens (tertiary/aromatic N) is 2. The third kappa shape index (κ3) is 5.34. The predicted octanol–water partition coefficient (Wildman–Crippen LogP) is 1.13. The van der Waals surface area contributed by atoms with Crippen LogP contribution in [0.5, 0.6) is 0 Å². The molecule has 1 unspecified atom stereocenters. The Morgan fingerprint density at radius 1 is 1.41 bits per heavy atom. The fraction of sp³-hybridized carbons (Fsp3) is 0.444. The quantitative estimate of drug-likeness (QED) is 0.507. The molecule has 0 aromatic heterocycles. The summed E-state index contributed by atoms with van der Waals surface area (Å²) >= 11 is 0. The molecule has 1 aromatic rings. The van der Waals surface area contributed by atoms with Crippen LogP contribution in [0.2, 0.25) is 0 Å². The van der Waals surface area contributed by atoms with Gasteiger partial charge < -0.3 is 15.0 Å². The molecule has 27 heavy (non-hydrogen) atoms. The van der Waals surface area contributed by atoms with E-state index in [0.717, 1.165) is 0 Å². The highest BCUT2D eigenvalue weighted by atomic mass is 16.5. The third-order valence-corrected chi connectivity index (χ3v) is 4.12. The van der Waals surface area contributed by atoms with Crippen LogP contribution in [0.15, 0.2) is 24.3 Å². The molecule has 2 rings (SSSR count). The summed E-state index contributed by atoms with van der Waals surface area (Å²) in [6.45, 7) is 3.87. The van der Waals surface area contributed by atoms with E-state index in [-0.39, 0.29) is 12.5 Å². The average molecular weight is 373 g/mol. The van der Waals surface area contributed by atoms with Crippen molar-refractivity contribution in [1.82, 2.24) is 15.6 Å². The number of nitrogens with one attached hydrogen (secondary N) is 3. The number of likely N-dealkylation sites (tertiary alicyclic amines) is 1. The van der Waals surface area contributed by atoms with E-state index in [9.17, 15) is 14.4 Å². The first-order valence-corrected chi connectivity index (χ1v) is 8.76. The first-order chi connectivity index (χ1) is 13.0. The van der Waals surface area contributed by atoms with Gasteiger partial charge in [0.05, 0.1) is 23.9 Å². The second kappa shape index (κ2) is 9.43. The van der Waals surface area contributed by atoms with Crippen LogP contribution in [0.4, 0.5) is 10.5 Å². The van der Waals surface area contributed by atoms with Crippen molar-refractivity contribution >= 4 is 23.6 Å². The summed E-state index contributed by atoms with van der Waals surface area (Å²) in [7, 11) is 0. The van der Waals surface area contributed by atoms with Gasteiger partial charge in [-0.3, -0.25) is 15.6 Å².